The Balaban J connectivity index is 2.81. The fourth-order valence-electron chi connectivity index (χ4n) is 1.33. The van der Waals surface area contributed by atoms with Crippen LogP contribution >= 0.6 is 22.6 Å². The Morgan fingerprint density at radius 1 is 1.38 bits per heavy atom. The third-order valence-electron chi connectivity index (χ3n) is 2.02. The summed E-state index contributed by atoms with van der Waals surface area (Å²) in [6, 6.07) is 0. The molecular weight excluding hydrogens is 313 g/mol. The molecule has 0 aromatic carbocycles. The Kier molecular flexibility index (Phi) is 4.95. The highest BCUT2D eigenvalue weighted by Crippen LogP contribution is 2.21. The average Bonchev–Trinajstić information content (AvgIpc) is 2.17. The van der Waals surface area contributed by atoms with E-state index in [1.54, 1.807) is 0 Å². The monoisotopic (exact) mass is 333 g/mol. The maximum atomic E-state index is 4.57. The van der Waals surface area contributed by atoms with Crippen LogP contribution in [0.5, 0.6) is 0 Å². The summed E-state index contributed by atoms with van der Waals surface area (Å²) < 4.78 is 1.09. The fraction of sp³-hybridized carbons (Fsp3) is 0.667. The standard InChI is InChI=1S/C12H20IN3/c1-5-6-14-11-9(13)8-15-10(16-11)7-12(2,3)4/h8H,5-7H2,1-4H3,(H,14,15,16). The lowest BCUT2D eigenvalue weighted by Gasteiger charge is -2.17. The number of nitrogens with zero attached hydrogens (tertiary/aromatic N) is 2. The number of rotatable bonds is 4. The van der Waals surface area contributed by atoms with Crippen molar-refractivity contribution in [2.75, 3.05) is 11.9 Å². The minimum absolute atomic E-state index is 0.231. The normalized spacial score (nSPS) is 11.6. The lowest BCUT2D eigenvalue weighted by Crippen LogP contribution is -2.14. The summed E-state index contributed by atoms with van der Waals surface area (Å²) >= 11 is 2.27. The molecule has 0 aliphatic heterocycles. The molecule has 0 aliphatic carbocycles. The van der Waals surface area contributed by atoms with Gasteiger partial charge in [0.25, 0.3) is 0 Å². The van der Waals surface area contributed by atoms with Gasteiger partial charge in [0, 0.05) is 19.2 Å². The molecule has 0 radical (unpaired) electrons. The summed E-state index contributed by atoms with van der Waals surface area (Å²) in [5, 5.41) is 3.33. The molecule has 1 N–H and O–H groups in total. The van der Waals surface area contributed by atoms with Gasteiger partial charge >= 0.3 is 0 Å². The molecule has 0 unspecified atom stereocenters. The lowest BCUT2D eigenvalue weighted by atomic mass is 9.92. The molecule has 16 heavy (non-hydrogen) atoms. The minimum atomic E-state index is 0.231. The van der Waals surface area contributed by atoms with Gasteiger partial charge in [-0.25, -0.2) is 9.97 Å². The molecule has 0 bridgehead atoms. The summed E-state index contributed by atoms with van der Waals surface area (Å²) in [5.41, 5.74) is 0.231. The van der Waals surface area contributed by atoms with Gasteiger partial charge in [-0.05, 0) is 34.4 Å². The number of aromatic nitrogens is 2. The number of hydrogen-bond donors (Lipinski definition) is 1. The zero-order chi connectivity index (χ0) is 12.2. The summed E-state index contributed by atoms with van der Waals surface area (Å²) in [6.07, 6.45) is 3.91. The molecule has 0 saturated heterocycles. The van der Waals surface area contributed by atoms with Gasteiger partial charge < -0.3 is 5.32 Å². The van der Waals surface area contributed by atoms with Crippen LogP contribution in [-0.2, 0) is 6.42 Å². The predicted molar refractivity (Wildman–Crippen MR) is 76.7 cm³/mol. The summed E-state index contributed by atoms with van der Waals surface area (Å²) in [6.45, 7) is 9.72. The Bertz CT molecular complexity index is 345. The lowest BCUT2D eigenvalue weighted by molar-refractivity contribution is 0.400. The molecule has 0 spiro atoms. The first-order valence-corrected chi connectivity index (χ1v) is 6.75. The van der Waals surface area contributed by atoms with E-state index in [1.165, 1.54) is 0 Å². The van der Waals surface area contributed by atoms with E-state index in [4.69, 9.17) is 0 Å². The van der Waals surface area contributed by atoms with Crippen molar-refractivity contribution in [3.05, 3.63) is 15.6 Å². The number of nitrogens with one attached hydrogen (secondary N) is 1. The van der Waals surface area contributed by atoms with Gasteiger partial charge in [0.15, 0.2) is 0 Å². The van der Waals surface area contributed by atoms with Crippen LogP contribution in [-0.4, -0.2) is 16.5 Å². The van der Waals surface area contributed by atoms with Crippen LogP contribution < -0.4 is 5.32 Å². The molecule has 90 valence electrons. The first kappa shape index (κ1) is 13.7. The Morgan fingerprint density at radius 3 is 2.62 bits per heavy atom. The number of hydrogen-bond acceptors (Lipinski definition) is 3. The van der Waals surface area contributed by atoms with Crippen molar-refractivity contribution < 1.29 is 0 Å². The second-order valence-corrected chi connectivity index (χ2v) is 6.31. The van der Waals surface area contributed by atoms with Crippen LogP contribution in [0.15, 0.2) is 6.20 Å². The van der Waals surface area contributed by atoms with Crippen molar-refractivity contribution in [3.63, 3.8) is 0 Å². The van der Waals surface area contributed by atoms with E-state index in [2.05, 4.69) is 65.6 Å². The highest BCUT2D eigenvalue weighted by Gasteiger charge is 2.14. The maximum Gasteiger partial charge on any atom is 0.143 e. The van der Waals surface area contributed by atoms with Crippen molar-refractivity contribution in [2.45, 2.75) is 40.5 Å². The van der Waals surface area contributed by atoms with Crippen LogP contribution in [0.2, 0.25) is 0 Å². The maximum absolute atomic E-state index is 4.57. The van der Waals surface area contributed by atoms with Gasteiger partial charge in [0.1, 0.15) is 11.6 Å². The molecule has 1 aromatic rings. The van der Waals surface area contributed by atoms with Crippen LogP contribution in [0.1, 0.15) is 39.9 Å². The van der Waals surface area contributed by atoms with Gasteiger partial charge in [0.2, 0.25) is 0 Å². The predicted octanol–water partition coefficient (Wildman–Crippen LogP) is 3.49. The van der Waals surface area contributed by atoms with E-state index in [0.29, 0.717) is 0 Å². The molecule has 0 fully saturated rings. The van der Waals surface area contributed by atoms with E-state index in [-0.39, 0.29) is 5.41 Å². The third-order valence-corrected chi connectivity index (χ3v) is 2.81. The molecule has 1 rings (SSSR count). The van der Waals surface area contributed by atoms with Crippen molar-refractivity contribution in [3.8, 4) is 0 Å². The first-order chi connectivity index (χ1) is 7.42. The molecule has 1 aromatic heterocycles. The van der Waals surface area contributed by atoms with E-state index in [0.717, 1.165) is 34.6 Å². The zero-order valence-electron chi connectivity index (χ0n) is 10.5. The molecule has 0 aliphatic rings. The van der Waals surface area contributed by atoms with E-state index < -0.39 is 0 Å². The van der Waals surface area contributed by atoms with Crippen molar-refractivity contribution in [1.29, 1.82) is 0 Å². The van der Waals surface area contributed by atoms with Gasteiger partial charge in [-0.15, -0.1) is 0 Å². The summed E-state index contributed by atoms with van der Waals surface area (Å²) in [7, 11) is 0. The van der Waals surface area contributed by atoms with Gasteiger partial charge in [0.05, 0.1) is 3.57 Å². The second-order valence-electron chi connectivity index (χ2n) is 5.15. The van der Waals surface area contributed by atoms with E-state index in [9.17, 15) is 0 Å². The van der Waals surface area contributed by atoms with Gasteiger partial charge in [-0.2, -0.15) is 0 Å². The SMILES string of the molecule is CCCNc1nc(CC(C)(C)C)ncc1I. The quantitative estimate of drug-likeness (QED) is 0.857. The van der Waals surface area contributed by atoms with Crippen LogP contribution in [0, 0.1) is 8.99 Å². The van der Waals surface area contributed by atoms with Crippen LogP contribution in [0.25, 0.3) is 0 Å². The first-order valence-electron chi connectivity index (χ1n) is 5.67. The molecule has 0 saturated carbocycles. The third kappa shape index (κ3) is 4.63. The zero-order valence-corrected chi connectivity index (χ0v) is 12.6. The average molecular weight is 333 g/mol. The Hall–Kier alpha value is -0.390. The van der Waals surface area contributed by atoms with Crippen molar-refractivity contribution in [2.24, 2.45) is 5.41 Å². The molecular formula is C12H20IN3. The Morgan fingerprint density at radius 2 is 2.06 bits per heavy atom. The van der Waals surface area contributed by atoms with Crippen LogP contribution in [0.3, 0.4) is 0 Å². The molecule has 1 heterocycles. The highest BCUT2D eigenvalue weighted by molar-refractivity contribution is 14.1. The van der Waals surface area contributed by atoms with Crippen LogP contribution in [0.4, 0.5) is 5.82 Å². The number of anilines is 1. The molecule has 4 heteroatoms. The Labute approximate surface area is 112 Å². The van der Waals surface area contributed by atoms with Crippen molar-refractivity contribution in [1.82, 2.24) is 9.97 Å². The molecule has 0 atom stereocenters. The second kappa shape index (κ2) is 5.80. The topological polar surface area (TPSA) is 37.8 Å². The van der Waals surface area contributed by atoms with Gasteiger partial charge in [-0.1, -0.05) is 27.7 Å². The minimum Gasteiger partial charge on any atom is -0.369 e. The largest absolute Gasteiger partial charge is 0.369 e. The van der Waals surface area contributed by atoms with Gasteiger partial charge in [-0.3, -0.25) is 0 Å². The molecule has 0 amide bonds. The van der Waals surface area contributed by atoms with E-state index >= 15 is 0 Å². The number of halogens is 1. The highest BCUT2D eigenvalue weighted by atomic mass is 127. The molecule has 3 nitrogen and oxygen atoms in total. The fourth-order valence-corrected chi connectivity index (χ4v) is 1.78. The van der Waals surface area contributed by atoms with Crippen molar-refractivity contribution >= 4 is 28.4 Å². The van der Waals surface area contributed by atoms with E-state index in [1.807, 2.05) is 6.20 Å². The smallest absolute Gasteiger partial charge is 0.143 e. The summed E-state index contributed by atoms with van der Waals surface area (Å²) in [5.74, 6) is 1.89. The summed E-state index contributed by atoms with van der Waals surface area (Å²) in [4.78, 5) is 8.94.